The lowest BCUT2D eigenvalue weighted by molar-refractivity contribution is 0.0975. The van der Waals surface area contributed by atoms with E-state index in [4.69, 9.17) is 5.41 Å². The third kappa shape index (κ3) is 2.90. The third-order valence-electron chi connectivity index (χ3n) is 3.26. The van der Waals surface area contributed by atoms with Crippen LogP contribution in [0.3, 0.4) is 0 Å². The van der Waals surface area contributed by atoms with Gasteiger partial charge in [-0.1, -0.05) is 12.1 Å². The molecule has 0 aliphatic carbocycles. The number of ketones is 1. The van der Waals surface area contributed by atoms with Gasteiger partial charge >= 0.3 is 0 Å². The summed E-state index contributed by atoms with van der Waals surface area (Å²) in [7, 11) is 1.84. The fraction of sp³-hybridized carbons (Fsp3) is 0.143. The van der Waals surface area contributed by atoms with E-state index in [-0.39, 0.29) is 29.3 Å². The van der Waals surface area contributed by atoms with E-state index >= 15 is 0 Å². The van der Waals surface area contributed by atoms with E-state index in [1.54, 1.807) is 9.13 Å². The minimum atomic E-state index is 0. The number of aryl methyl sites for hydroxylation is 1. The van der Waals surface area contributed by atoms with Crippen molar-refractivity contribution < 1.29 is 4.79 Å². The maximum absolute atomic E-state index is 12.3. The molecule has 0 unspecified atom stereocenters. The monoisotopic (exact) mass is 429 g/mol. The number of Topliss-reactive ketones (excluding diaryl/α,β-unsaturated/α-hetero) is 1. The number of benzene rings is 1. The minimum Gasteiger partial charge on any atom is -0.313 e. The molecule has 7 heteroatoms. The molecule has 0 bridgehead atoms. The third-order valence-corrected chi connectivity index (χ3v) is 4.92. The first-order chi connectivity index (χ1) is 9.58. The number of nitrogens with one attached hydrogen (secondary N) is 1. The smallest absolute Gasteiger partial charge is 0.203 e. The van der Waals surface area contributed by atoms with Gasteiger partial charge in [-0.05, 0) is 40.2 Å². The molecule has 0 atom stereocenters. The van der Waals surface area contributed by atoms with Gasteiger partial charge in [-0.15, -0.1) is 28.3 Å². The molecule has 3 aromatic rings. The lowest BCUT2D eigenvalue weighted by atomic mass is 10.3. The number of carbonyl (C=O) groups excluding carboxylic acids is 1. The van der Waals surface area contributed by atoms with Crippen molar-refractivity contribution in [2.75, 3.05) is 0 Å². The zero-order valence-corrected chi connectivity index (χ0v) is 15.3. The summed E-state index contributed by atoms with van der Waals surface area (Å²) < 4.78 is 4.47. The number of aromatic nitrogens is 2. The molecule has 0 spiro atoms. The largest absolute Gasteiger partial charge is 0.313 e. The fourth-order valence-electron chi connectivity index (χ4n) is 2.23. The van der Waals surface area contributed by atoms with E-state index in [9.17, 15) is 4.79 Å². The molecule has 0 saturated heterocycles. The van der Waals surface area contributed by atoms with Gasteiger partial charge in [0.25, 0.3) is 0 Å². The summed E-state index contributed by atoms with van der Waals surface area (Å²) in [6, 6.07) is 11.4. The van der Waals surface area contributed by atoms with Crippen LogP contribution >= 0.6 is 44.2 Å². The van der Waals surface area contributed by atoms with Crippen LogP contribution in [0.15, 0.2) is 40.2 Å². The van der Waals surface area contributed by atoms with Crippen LogP contribution < -0.4 is 5.62 Å². The average Bonchev–Trinajstić information content (AvgIpc) is 2.98. The highest BCUT2D eigenvalue weighted by atomic mass is 79.9. The first-order valence-corrected chi connectivity index (χ1v) is 7.66. The molecule has 0 amide bonds. The number of rotatable bonds is 3. The summed E-state index contributed by atoms with van der Waals surface area (Å²) in [5.74, 6) is 0.0237. The first kappa shape index (κ1) is 16.2. The van der Waals surface area contributed by atoms with Gasteiger partial charge in [-0.3, -0.25) is 10.2 Å². The number of para-hydroxylation sites is 2. The Balaban J connectivity index is 0.00000161. The van der Waals surface area contributed by atoms with Gasteiger partial charge in [0, 0.05) is 7.05 Å². The van der Waals surface area contributed by atoms with E-state index < -0.39 is 0 Å². The van der Waals surface area contributed by atoms with Gasteiger partial charge < -0.3 is 9.13 Å². The fourth-order valence-corrected chi connectivity index (χ4v) is 3.55. The van der Waals surface area contributed by atoms with Crippen molar-refractivity contribution in [2.45, 2.75) is 6.54 Å². The topological polar surface area (TPSA) is 50.8 Å². The first-order valence-electron chi connectivity index (χ1n) is 6.05. The molecule has 3 rings (SSSR count). The molecule has 0 aliphatic rings. The van der Waals surface area contributed by atoms with Crippen molar-refractivity contribution in [2.24, 2.45) is 7.05 Å². The Hall–Kier alpha value is -1.18. The Bertz CT molecular complexity index is 863. The molecule has 2 heterocycles. The summed E-state index contributed by atoms with van der Waals surface area (Å²) in [4.78, 5) is 13.0. The highest BCUT2D eigenvalue weighted by Crippen LogP contribution is 2.23. The van der Waals surface area contributed by atoms with Crippen LogP contribution in [0.1, 0.15) is 9.67 Å². The zero-order chi connectivity index (χ0) is 14.3. The number of hydrogen-bond donors (Lipinski definition) is 1. The molecule has 0 saturated carbocycles. The second-order valence-electron chi connectivity index (χ2n) is 4.48. The molecule has 0 radical (unpaired) electrons. The van der Waals surface area contributed by atoms with Crippen LogP contribution in [0.5, 0.6) is 0 Å². The lowest BCUT2D eigenvalue weighted by Gasteiger charge is -2.02. The van der Waals surface area contributed by atoms with Crippen molar-refractivity contribution in [3.8, 4) is 0 Å². The Morgan fingerprint density at radius 2 is 1.90 bits per heavy atom. The number of fused-ring (bicyclic) bond motifs is 1. The van der Waals surface area contributed by atoms with Crippen molar-refractivity contribution in [1.82, 2.24) is 9.13 Å². The van der Waals surface area contributed by atoms with E-state index in [1.807, 2.05) is 43.4 Å². The number of nitrogens with zero attached hydrogens (tertiary/aromatic N) is 2. The molecule has 0 fully saturated rings. The quantitative estimate of drug-likeness (QED) is 0.632. The van der Waals surface area contributed by atoms with Crippen molar-refractivity contribution in [3.63, 3.8) is 0 Å². The van der Waals surface area contributed by atoms with Crippen molar-refractivity contribution in [1.29, 1.82) is 5.41 Å². The number of thiophene rings is 1. The Morgan fingerprint density at radius 1 is 1.24 bits per heavy atom. The van der Waals surface area contributed by atoms with Gasteiger partial charge in [-0.25, -0.2) is 0 Å². The Labute approximate surface area is 144 Å². The van der Waals surface area contributed by atoms with E-state index in [0.29, 0.717) is 10.5 Å². The maximum Gasteiger partial charge on any atom is 0.203 e. The van der Waals surface area contributed by atoms with Crippen LogP contribution in [-0.4, -0.2) is 14.9 Å². The molecular formula is C14H13Br2N3OS. The highest BCUT2D eigenvalue weighted by Gasteiger charge is 2.14. The number of carbonyl (C=O) groups is 1. The molecule has 110 valence electrons. The van der Waals surface area contributed by atoms with Crippen LogP contribution in [0.2, 0.25) is 0 Å². The second kappa shape index (κ2) is 6.29. The van der Waals surface area contributed by atoms with E-state index in [0.717, 1.165) is 14.8 Å². The average molecular weight is 431 g/mol. The van der Waals surface area contributed by atoms with Crippen molar-refractivity contribution >= 4 is 61.1 Å². The molecule has 2 aromatic heterocycles. The van der Waals surface area contributed by atoms with Gasteiger partial charge in [0.1, 0.15) is 0 Å². The second-order valence-corrected chi connectivity index (χ2v) is 6.95. The maximum atomic E-state index is 12.3. The summed E-state index contributed by atoms with van der Waals surface area (Å²) in [5, 5.41) is 8.15. The summed E-state index contributed by atoms with van der Waals surface area (Å²) in [6.07, 6.45) is 0. The van der Waals surface area contributed by atoms with Crippen LogP contribution in [-0.2, 0) is 13.6 Å². The molecule has 1 N–H and O–H groups in total. The number of halogens is 2. The summed E-state index contributed by atoms with van der Waals surface area (Å²) in [6.45, 7) is 0.188. The molecule has 1 aromatic carbocycles. The van der Waals surface area contributed by atoms with Crippen LogP contribution in [0, 0.1) is 5.41 Å². The molecular weight excluding hydrogens is 418 g/mol. The number of hydrogen-bond acceptors (Lipinski definition) is 3. The van der Waals surface area contributed by atoms with Crippen LogP contribution in [0.4, 0.5) is 0 Å². The predicted octanol–water partition coefficient (Wildman–Crippen LogP) is 3.74. The zero-order valence-electron chi connectivity index (χ0n) is 11.2. The Kier molecular flexibility index (Phi) is 4.85. The summed E-state index contributed by atoms with van der Waals surface area (Å²) in [5.41, 5.74) is 2.19. The Morgan fingerprint density at radius 3 is 2.52 bits per heavy atom. The SMILES string of the molecule is Br.Cn1c(=N)n(CC(=O)c2ccc(Br)s2)c2ccccc21. The van der Waals surface area contributed by atoms with Gasteiger partial charge in [0.05, 0.1) is 26.2 Å². The predicted molar refractivity (Wildman–Crippen MR) is 93.4 cm³/mol. The highest BCUT2D eigenvalue weighted by molar-refractivity contribution is 9.11. The van der Waals surface area contributed by atoms with Crippen LogP contribution in [0.25, 0.3) is 11.0 Å². The standard InChI is InChI=1S/C14H12BrN3OS.BrH/c1-17-9-4-2-3-5-10(9)18(14(17)16)8-11(19)12-6-7-13(15)20-12;/h2-7,16H,8H2,1H3;1H. The minimum absolute atomic E-state index is 0. The molecule has 21 heavy (non-hydrogen) atoms. The van der Waals surface area contributed by atoms with E-state index in [2.05, 4.69) is 15.9 Å². The van der Waals surface area contributed by atoms with E-state index in [1.165, 1.54) is 11.3 Å². The molecule has 4 nitrogen and oxygen atoms in total. The van der Waals surface area contributed by atoms with Crippen molar-refractivity contribution in [3.05, 3.63) is 50.7 Å². The lowest BCUT2D eigenvalue weighted by Crippen LogP contribution is -2.25. The molecule has 0 aliphatic heterocycles. The number of imidazole rings is 1. The summed E-state index contributed by atoms with van der Waals surface area (Å²) >= 11 is 4.78. The van der Waals surface area contributed by atoms with Gasteiger partial charge in [0.15, 0.2) is 5.78 Å². The normalized spacial score (nSPS) is 10.6. The van der Waals surface area contributed by atoms with Gasteiger partial charge in [-0.2, -0.15) is 0 Å². The van der Waals surface area contributed by atoms with Gasteiger partial charge in [0.2, 0.25) is 5.62 Å².